The van der Waals surface area contributed by atoms with Gasteiger partial charge >= 0.3 is 0 Å². The Hall–Kier alpha value is -0.940. The predicted molar refractivity (Wildman–Crippen MR) is 44.9 cm³/mol. The molecule has 2 heterocycles. The summed E-state index contributed by atoms with van der Waals surface area (Å²) in [6.07, 6.45) is 1.44. The molecule has 0 radical (unpaired) electrons. The van der Waals surface area contributed by atoms with E-state index in [1.807, 2.05) is 6.92 Å². The molecule has 1 aromatic heterocycles. The molecule has 5 heteroatoms. The zero-order chi connectivity index (χ0) is 9.47. The summed E-state index contributed by atoms with van der Waals surface area (Å²) >= 11 is 0. The predicted octanol–water partition coefficient (Wildman–Crippen LogP) is -0.331. The Morgan fingerprint density at radius 2 is 2.54 bits per heavy atom. The molecule has 0 aliphatic carbocycles. The highest BCUT2D eigenvalue weighted by molar-refractivity contribution is 5.05. The lowest BCUT2D eigenvalue weighted by Crippen LogP contribution is -2.35. The molecule has 0 aromatic carbocycles. The van der Waals surface area contributed by atoms with Crippen LogP contribution in [-0.4, -0.2) is 33.1 Å². The molecule has 1 aromatic rings. The maximum absolute atomic E-state index is 10.3. The molecule has 0 bridgehead atoms. The minimum atomic E-state index is -0.967. The van der Waals surface area contributed by atoms with Crippen molar-refractivity contribution in [1.29, 1.82) is 0 Å². The van der Waals surface area contributed by atoms with Crippen molar-refractivity contribution in [3.8, 4) is 0 Å². The van der Waals surface area contributed by atoms with Crippen LogP contribution in [0.2, 0.25) is 0 Å². The Morgan fingerprint density at radius 1 is 1.77 bits per heavy atom. The summed E-state index contributed by atoms with van der Waals surface area (Å²) in [4.78, 5) is 4.04. The summed E-state index contributed by atoms with van der Waals surface area (Å²) < 4.78 is 6.81. The molecule has 1 N–H and O–H groups in total. The molecule has 2 atom stereocenters. The zero-order valence-corrected chi connectivity index (χ0v) is 7.77. The van der Waals surface area contributed by atoms with E-state index in [-0.39, 0.29) is 5.92 Å². The van der Waals surface area contributed by atoms with Gasteiger partial charge in [0.2, 0.25) is 0 Å². The third-order valence-corrected chi connectivity index (χ3v) is 2.60. The van der Waals surface area contributed by atoms with Crippen LogP contribution in [0.25, 0.3) is 0 Å². The van der Waals surface area contributed by atoms with Crippen molar-refractivity contribution in [3.05, 3.63) is 12.2 Å². The van der Waals surface area contributed by atoms with Gasteiger partial charge in [0.1, 0.15) is 6.33 Å². The SMILES string of the molecule is CC1COCC1(O)c1ncnn1C. The molecule has 1 fully saturated rings. The van der Waals surface area contributed by atoms with E-state index < -0.39 is 5.60 Å². The Morgan fingerprint density at radius 3 is 3.00 bits per heavy atom. The van der Waals surface area contributed by atoms with E-state index in [9.17, 15) is 5.11 Å². The molecule has 2 rings (SSSR count). The minimum Gasteiger partial charge on any atom is -0.379 e. The van der Waals surface area contributed by atoms with Crippen molar-refractivity contribution in [2.45, 2.75) is 12.5 Å². The van der Waals surface area contributed by atoms with Gasteiger partial charge in [-0.15, -0.1) is 0 Å². The monoisotopic (exact) mass is 183 g/mol. The Balaban J connectivity index is 2.39. The summed E-state index contributed by atoms with van der Waals surface area (Å²) in [7, 11) is 1.77. The Bertz CT molecular complexity index is 312. The van der Waals surface area contributed by atoms with E-state index in [2.05, 4.69) is 10.1 Å². The van der Waals surface area contributed by atoms with Gasteiger partial charge in [-0.05, 0) is 0 Å². The minimum absolute atomic E-state index is 0.0652. The first-order valence-corrected chi connectivity index (χ1v) is 4.29. The Labute approximate surface area is 76.3 Å². The Kier molecular flexibility index (Phi) is 1.85. The van der Waals surface area contributed by atoms with E-state index in [0.717, 1.165) is 0 Å². The number of aryl methyl sites for hydroxylation is 1. The lowest BCUT2D eigenvalue weighted by molar-refractivity contribution is -0.0104. The summed E-state index contributed by atoms with van der Waals surface area (Å²) in [6, 6.07) is 0. The van der Waals surface area contributed by atoms with Crippen LogP contribution in [0.3, 0.4) is 0 Å². The maximum Gasteiger partial charge on any atom is 0.161 e. The van der Waals surface area contributed by atoms with Crippen molar-refractivity contribution in [2.75, 3.05) is 13.2 Å². The van der Waals surface area contributed by atoms with Gasteiger partial charge in [0.05, 0.1) is 13.2 Å². The van der Waals surface area contributed by atoms with Crippen LogP contribution in [-0.2, 0) is 17.4 Å². The first-order chi connectivity index (χ1) is 6.14. The normalized spacial score (nSPS) is 33.9. The average molecular weight is 183 g/mol. The largest absolute Gasteiger partial charge is 0.379 e. The molecule has 0 saturated carbocycles. The van der Waals surface area contributed by atoms with E-state index in [1.54, 1.807) is 11.7 Å². The van der Waals surface area contributed by atoms with Crippen molar-refractivity contribution in [3.63, 3.8) is 0 Å². The van der Waals surface area contributed by atoms with Crippen LogP contribution in [0.1, 0.15) is 12.7 Å². The molecule has 72 valence electrons. The summed E-state index contributed by atoms with van der Waals surface area (Å²) in [6.45, 7) is 2.83. The van der Waals surface area contributed by atoms with Crippen LogP contribution in [0.15, 0.2) is 6.33 Å². The maximum atomic E-state index is 10.3. The van der Waals surface area contributed by atoms with Crippen LogP contribution in [0, 0.1) is 5.92 Å². The van der Waals surface area contributed by atoms with Gasteiger partial charge in [-0.2, -0.15) is 5.10 Å². The molecule has 1 aliphatic rings. The molecule has 13 heavy (non-hydrogen) atoms. The molecule has 1 aliphatic heterocycles. The topological polar surface area (TPSA) is 60.2 Å². The first-order valence-electron chi connectivity index (χ1n) is 4.29. The number of ether oxygens (including phenoxy) is 1. The second kappa shape index (κ2) is 2.78. The summed E-state index contributed by atoms with van der Waals surface area (Å²) in [5, 5.41) is 14.2. The number of hydrogen-bond acceptors (Lipinski definition) is 4. The second-order valence-electron chi connectivity index (χ2n) is 3.55. The zero-order valence-electron chi connectivity index (χ0n) is 7.77. The molecule has 0 amide bonds. The third kappa shape index (κ3) is 1.15. The van der Waals surface area contributed by atoms with Gasteiger partial charge in [0.15, 0.2) is 11.4 Å². The fraction of sp³-hybridized carbons (Fsp3) is 0.750. The molecule has 2 unspecified atom stereocenters. The lowest BCUT2D eigenvalue weighted by Gasteiger charge is -2.23. The van der Waals surface area contributed by atoms with Gasteiger partial charge in [-0.1, -0.05) is 6.92 Å². The van der Waals surface area contributed by atoms with Gasteiger partial charge in [-0.25, -0.2) is 4.98 Å². The van der Waals surface area contributed by atoms with E-state index in [0.29, 0.717) is 19.0 Å². The van der Waals surface area contributed by atoms with E-state index in [1.165, 1.54) is 6.33 Å². The molecule has 5 nitrogen and oxygen atoms in total. The number of hydrogen-bond donors (Lipinski definition) is 1. The third-order valence-electron chi connectivity index (χ3n) is 2.60. The molecular weight excluding hydrogens is 170 g/mol. The number of aliphatic hydroxyl groups is 1. The van der Waals surface area contributed by atoms with Crippen LogP contribution in [0.5, 0.6) is 0 Å². The molecule has 0 spiro atoms. The number of nitrogens with zero attached hydrogens (tertiary/aromatic N) is 3. The highest BCUT2D eigenvalue weighted by Crippen LogP contribution is 2.33. The van der Waals surface area contributed by atoms with Gasteiger partial charge in [0, 0.05) is 13.0 Å². The van der Waals surface area contributed by atoms with Crippen molar-refractivity contribution in [1.82, 2.24) is 14.8 Å². The van der Waals surface area contributed by atoms with E-state index >= 15 is 0 Å². The quantitative estimate of drug-likeness (QED) is 0.647. The van der Waals surface area contributed by atoms with Crippen molar-refractivity contribution < 1.29 is 9.84 Å². The lowest BCUT2D eigenvalue weighted by atomic mass is 9.92. The van der Waals surface area contributed by atoms with Crippen LogP contribution >= 0.6 is 0 Å². The van der Waals surface area contributed by atoms with Crippen LogP contribution in [0.4, 0.5) is 0 Å². The van der Waals surface area contributed by atoms with Gasteiger partial charge in [-0.3, -0.25) is 4.68 Å². The molecule has 1 saturated heterocycles. The smallest absolute Gasteiger partial charge is 0.161 e. The average Bonchev–Trinajstić information content (AvgIpc) is 2.62. The summed E-state index contributed by atoms with van der Waals surface area (Å²) in [5.74, 6) is 0.646. The number of rotatable bonds is 1. The molecular formula is C8H13N3O2. The van der Waals surface area contributed by atoms with Crippen LogP contribution < -0.4 is 0 Å². The highest BCUT2D eigenvalue weighted by Gasteiger charge is 2.44. The second-order valence-corrected chi connectivity index (χ2v) is 3.55. The van der Waals surface area contributed by atoms with Crippen molar-refractivity contribution >= 4 is 0 Å². The van der Waals surface area contributed by atoms with Gasteiger partial charge < -0.3 is 9.84 Å². The highest BCUT2D eigenvalue weighted by atomic mass is 16.5. The van der Waals surface area contributed by atoms with Crippen molar-refractivity contribution in [2.24, 2.45) is 13.0 Å². The first kappa shape index (κ1) is 8.65. The summed E-state index contributed by atoms with van der Waals surface area (Å²) in [5.41, 5.74) is -0.967. The fourth-order valence-corrected chi connectivity index (χ4v) is 1.64. The van der Waals surface area contributed by atoms with Gasteiger partial charge in [0.25, 0.3) is 0 Å². The standard InChI is InChI=1S/C8H13N3O2/c1-6-3-13-4-8(6,12)7-9-5-10-11(7)2/h5-6,12H,3-4H2,1-2H3. The fourth-order valence-electron chi connectivity index (χ4n) is 1.64. The van der Waals surface area contributed by atoms with E-state index in [4.69, 9.17) is 4.74 Å². The number of aromatic nitrogens is 3.